The van der Waals surface area contributed by atoms with Gasteiger partial charge in [0.15, 0.2) is 0 Å². The van der Waals surface area contributed by atoms with Gasteiger partial charge in [-0.3, -0.25) is 0 Å². The first-order valence-corrected chi connectivity index (χ1v) is 7.25. The Bertz CT molecular complexity index is 559. The Morgan fingerprint density at radius 1 is 1.10 bits per heavy atom. The minimum Gasteiger partial charge on any atom is -0.366 e. The zero-order chi connectivity index (χ0) is 14.5. The van der Waals surface area contributed by atoms with Crippen LogP contribution < -0.4 is 5.32 Å². The highest BCUT2D eigenvalue weighted by Crippen LogP contribution is 2.15. The fourth-order valence-corrected chi connectivity index (χ4v) is 2.11. The third kappa shape index (κ3) is 3.80. The molecule has 3 nitrogen and oxygen atoms in total. The highest BCUT2D eigenvalue weighted by molar-refractivity contribution is 5.37. The van der Waals surface area contributed by atoms with Gasteiger partial charge in [0.2, 0.25) is 0 Å². The molecule has 0 aliphatic carbocycles. The first-order valence-electron chi connectivity index (χ1n) is 7.25. The molecule has 0 atom stereocenters. The number of aromatic nitrogens is 2. The molecule has 0 spiro atoms. The summed E-state index contributed by atoms with van der Waals surface area (Å²) < 4.78 is 0. The smallest absolute Gasteiger partial charge is 0.130 e. The molecule has 1 aromatic heterocycles. The third-order valence-corrected chi connectivity index (χ3v) is 3.37. The van der Waals surface area contributed by atoms with Crippen molar-refractivity contribution in [3.05, 3.63) is 53.0 Å². The molecule has 1 heterocycles. The highest BCUT2D eigenvalue weighted by atomic mass is 15.0. The van der Waals surface area contributed by atoms with Crippen molar-refractivity contribution in [3.63, 3.8) is 0 Å². The third-order valence-electron chi connectivity index (χ3n) is 3.37. The van der Waals surface area contributed by atoms with Crippen molar-refractivity contribution in [2.24, 2.45) is 0 Å². The van der Waals surface area contributed by atoms with E-state index in [0.29, 0.717) is 5.92 Å². The van der Waals surface area contributed by atoms with Crippen LogP contribution in [0, 0.1) is 6.92 Å². The molecule has 0 saturated carbocycles. The molecule has 2 rings (SSSR count). The van der Waals surface area contributed by atoms with Crippen molar-refractivity contribution in [3.8, 4) is 0 Å². The van der Waals surface area contributed by atoms with Gasteiger partial charge in [0.1, 0.15) is 11.6 Å². The van der Waals surface area contributed by atoms with Gasteiger partial charge >= 0.3 is 0 Å². The fourth-order valence-electron chi connectivity index (χ4n) is 2.11. The van der Waals surface area contributed by atoms with E-state index in [1.807, 2.05) is 13.0 Å². The van der Waals surface area contributed by atoms with E-state index in [9.17, 15) is 0 Å². The second-order valence-corrected chi connectivity index (χ2v) is 5.40. The Kier molecular flexibility index (Phi) is 4.72. The number of rotatable bonds is 5. The van der Waals surface area contributed by atoms with E-state index >= 15 is 0 Å². The molecule has 0 aliphatic heterocycles. The van der Waals surface area contributed by atoms with Gasteiger partial charge < -0.3 is 5.32 Å². The van der Waals surface area contributed by atoms with Gasteiger partial charge in [0, 0.05) is 18.3 Å². The van der Waals surface area contributed by atoms with Crippen LogP contribution in [0.5, 0.6) is 0 Å². The Labute approximate surface area is 121 Å². The number of hydrogen-bond acceptors (Lipinski definition) is 3. The van der Waals surface area contributed by atoms with Gasteiger partial charge in [-0.2, -0.15) is 0 Å². The number of anilines is 1. The summed E-state index contributed by atoms with van der Waals surface area (Å²) in [5, 5.41) is 3.37. The minimum absolute atomic E-state index is 0.577. The molecular weight excluding hydrogens is 246 g/mol. The molecule has 0 unspecified atom stereocenters. The van der Waals surface area contributed by atoms with Gasteiger partial charge in [-0.1, -0.05) is 45.0 Å². The summed E-state index contributed by atoms with van der Waals surface area (Å²) in [7, 11) is 0. The van der Waals surface area contributed by atoms with Crippen LogP contribution in [-0.4, -0.2) is 9.97 Å². The number of nitrogens with one attached hydrogen (secondary N) is 1. The van der Waals surface area contributed by atoms with Gasteiger partial charge in [0.25, 0.3) is 0 Å². The molecule has 3 heteroatoms. The molecule has 1 N–H and O–H groups in total. The second kappa shape index (κ2) is 6.51. The van der Waals surface area contributed by atoms with Gasteiger partial charge in [-0.25, -0.2) is 9.97 Å². The summed E-state index contributed by atoms with van der Waals surface area (Å²) in [4.78, 5) is 8.81. The predicted octanol–water partition coefficient (Wildman–Crippen LogP) is 4.08. The molecule has 0 amide bonds. The molecule has 0 radical (unpaired) electrons. The molecule has 2 aromatic rings. The van der Waals surface area contributed by atoms with Crippen LogP contribution in [0.15, 0.2) is 30.3 Å². The lowest BCUT2D eigenvalue weighted by Crippen LogP contribution is -2.05. The average Bonchev–Trinajstić information content (AvgIpc) is 2.45. The number of benzene rings is 1. The van der Waals surface area contributed by atoms with E-state index in [1.165, 1.54) is 11.1 Å². The quantitative estimate of drug-likeness (QED) is 0.888. The standard InChI is InChI=1S/C17H23N3/c1-5-16-10-17(20-13(4)19-16)18-11-14-6-8-15(9-7-14)12(2)3/h6-10,12H,5,11H2,1-4H3,(H,18,19,20). The summed E-state index contributed by atoms with van der Waals surface area (Å²) in [5.74, 6) is 2.30. The minimum atomic E-state index is 0.577. The number of aryl methyl sites for hydroxylation is 2. The van der Waals surface area contributed by atoms with Crippen molar-refractivity contribution < 1.29 is 0 Å². The Morgan fingerprint density at radius 3 is 2.40 bits per heavy atom. The zero-order valence-corrected chi connectivity index (χ0v) is 12.8. The van der Waals surface area contributed by atoms with Crippen molar-refractivity contribution in [2.45, 2.75) is 46.6 Å². The molecule has 0 bridgehead atoms. The van der Waals surface area contributed by atoms with E-state index in [-0.39, 0.29) is 0 Å². The van der Waals surface area contributed by atoms with Crippen LogP contribution in [0.3, 0.4) is 0 Å². The molecule has 106 valence electrons. The van der Waals surface area contributed by atoms with Crippen LogP contribution in [0.4, 0.5) is 5.82 Å². The first-order chi connectivity index (χ1) is 9.58. The maximum atomic E-state index is 4.42. The topological polar surface area (TPSA) is 37.8 Å². The summed E-state index contributed by atoms with van der Waals surface area (Å²) in [6.07, 6.45) is 0.932. The maximum absolute atomic E-state index is 4.42. The summed E-state index contributed by atoms with van der Waals surface area (Å²) >= 11 is 0. The van der Waals surface area contributed by atoms with Crippen LogP contribution in [0.25, 0.3) is 0 Å². The molecule has 0 saturated heterocycles. The van der Waals surface area contributed by atoms with Crippen molar-refractivity contribution >= 4 is 5.82 Å². The summed E-state index contributed by atoms with van der Waals surface area (Å²) in [6.45, 7) is 9.25. The molecule has 1 aromatic carbocycles. The van der Waals surface area contributed by atoms with E-state index in [0.717, 1.165) is 30.3 Å². The van der Waals surface area contributed by atoms with Crippen molar-refractivity contribution in [1.29, 1.82) is 0 Å². The van der Waals surface area contributed by atoms with E-state index in [1.54, 1.807) is 0 Å². The second-order valence-electron chi connectivity index (χ2n) is 5.40. The van der Waals surface area contributed by atoms with Crippen LogP contribution >= 0.6 is 0 Å². The maximum Gasteiger partial charge on any atom is 0.130 e. The highest BCUT2D eigenvalue weighted by Gasteiger charge is 2.02. The monoisotopic (exact) mass is 269 g/mol. The van der Waals surface area contributed by atoms with Gasteiger partial charge in [-0.15, -0.1) is 0 Å². The molecule has 0 aliphatic rings. The van der Waals surface area contributed by atoms with Crippen molar-refractivity contribution in [2.75, 3.05) is 5.32 Å². The zero-order valence-electron chi connectivity index (χ0n) is 12.8. The van der Waals surface area contributed by atoms with E-state index in [4.69, 9.17) is 0 Å². The van der Waals surface area contributed by atoms with Gasteiger partial charge in [0.05, 0.1) is 0 Å². The normalized spacial score (nSPS) is 10.8. The summed E-state index contributed by atoms with van der Waals surface area (Å²) in [5.41, 5.74) is 3.72. The lowest BCUT2D eigenvalue weighted by Gasteiger charge is -2.09. The number of hydrogen-bond donors (Lipinski definition) is 1. The van der Waals surface area contributed by atoms with Crippen LogP contribution in [0.2, 0.25) is 0 Å². The fraction of sp³-hybridized carbons (Fsp3) is 0.412. The van der Waals surface area contributed by atoms with Gasteiger partial charge in [-0.05, 0) is 30.4 Å². The Morgan fingerprint density at radius 2 is 1.80 bits per heavy atom. The molecular formula is C17H23N3. The number of nitrogens with zero attached hydrogens (tertiary/aromatic N) is 2. The van der Waals surface area contributed by atoms with Crippen molar-refractivity contribution in [1.82, 2.24) is 9.97 Å². The van der Waals surface area contributed by atoms with Crippen LogP contribution in [-0.2, 0) is 13.0 Å². The predicted molar refractivity (Wildman–Crippen MR) is 84.0 cm³/mol. The Hall–Kier alpha value is -1.90. The lowest BCUT2D eigenvalue weighted by atomic mass is 10.0. The van der Waals surface area contributed by atoms with E-state index in [2.05, 4.69) is 60.3 Å². The Balaban J connectivity index is 2.03. The largest absolute Gasteiger partial charge is 0.366 e. The SMILES string of the molecule is CCc1cc(NCc2ccc(C(C)C)cc2)nc(C)n1. The lowest BCUT2D eigenvalue weighted by molar-refractivity contribution is 0.865. The molecule has 20 heavy (non-hydrogen) atoms. The molecule has 0 fully saturated rings. The van der Waals surface area contributed by atoms with Crippen LogP contribution in [0.1, 0.15) is 49.3 Å². The summed E-state index contributed by atoms with van der Waals surface area (Å²) in [6, 6.07) is 10.8. The first kappa shape index (κ1) is 14.5. The average molecular weight is 269 g/mol. The van der Waals surface area contributed by atoms with E-state index < -0.39 is 0 Å².